The summed E-state index contributed by atoms with van der Waals surface area (Å²) in [7, 11) is 0. The Morgan fingerprint density at radius 1 is 1.16 bits per heavy atom. The molecule has 19 heavy (non-hydrogen) atoms. The van der Waals surface area contributed by atoms with Gasteiger partial charge in [0.05, 0.1) is 11.8 Å². The van der Waals surface area contributed by atoms with Crippen LogP contribution in [0.15, 0.2) is 41.0 Å². The third kappa shape index (κ3) is 2.17. The van der Waals surface area contributed by atoms with Gasteiger partial charge in [-0.2, -0.15) is 0 Å². The van der Waals surface area contributed by atoms with E-state index >= 15 is 0 Å². The summed E-state index contributed by atoms with van der Waals surface area (Å²) in [6, 6.07) is 8.46. The Kier molecular flexibility index (Phi) is 2.91. The first-order valence-corrected chi connectivity index (χ1v) is 6.16. The average Bonchev–Trinajstić information content (AvgIpc) is 2.91. The molecule has 96 valence electrons. The Labute approximate surface area is 110 Å². The highest BCUT2D eigenvalue weighted by Gasteiger charge is 2.25. The topological polar surface area (TPSA) is 56.5 Å². The van der Waals surface area contributed by atoms with Crippen LogP contribution in [-0.2, 0) is 6.42 Å². The van der Waals surface area contributed by atoms with Crippen molar-refractivity contribution in [2.24, 2.45) is 0 Å². The van der Waals surface area contributed by atoms with Crippen LogP contribution < -0.4 is 4.74 Å². The van der Waals surface area contributed by atoms with E-state index in [0.29, 0.717) is 17.5 Å². The average molecular weight is 256 g/mol. The maximum Gasteiger partial charge on any atom is 0.346 e. The lowest BCUT2D eigenvalue weighted by molar-refractivity contribution is 0.0688. The normalized spacial score (nSPS) is 14.0. The number of furan rings is 1. The summed E-state index contributed by atoms with van der Waals surface area (Å²) in [5, 5.41) is 0. The molecule has 0 saturated heterocycles. The van der Waals surface area contributed by atoms with Crippen molar-refractivity contribution in [2.75, 3.05) is 0 Å². The largest absolute Gasteiger partial charge is 0.434 e. The van der Waals surface area contributed by atoms with E-state index in [4.69, 9.17) is 9.15 Å². The minimum atomic E-state index is -0.554. The first-order valence-electron chi connectivity index (χ1n) is 6.16. The lowest BCUT2D eigenvalue weighted by Gasteiger charge is -2.16. The molecule has 1 aromatic heterocycles. The molecule has 0 fully saturated rings. The summed E-state index contributed by atoms with van der Waals surface area (Å²) >= 11 is 0. The Balaban J connectivity index is 1.96. The molecule has 4 heteroatoms. The van der Waals surface area contributed by atoms with Gasteiger partial charge < -0.3 is 9.15 Å². The summed E-state index contributed by atoms with van der Waals surface area (Å²) < 4.78 is 10.1. The van der Waals surface area contributed by atoms with E-state index in [0.717, 1.165) is 18.4 Å². The SMILES string of the molecule is O=C(Oc1ccco1)c1cccc2c1C(=O)CCC2. The molecule has 1 heterocycles. The molecule has 4 nitrogen and oxygen atoms in total. The zero-order chi connectivity index (χ0) is 13.2. The molecule has 0 unspecified atom stereocenters. The van der Waals surface area contributed by atoms with E-state index in [-0.39, 0.29) is 11.7 Å². The molecule has 2 aromatic rings. The monoisotopic (exact) mass is 256 g/mol. The summed E-state index contributed by atoms with van der Waals surface area (Å²) in [6.07, 6.45) is 3.57. The predicted molar refractivity (Wildman–Crippen MR) is 67.4 cm³/mol. The summed E-state index contributed by atoms with van der Waals surface area (Å²) in [5.41, 5.74) is 1.74. The number of carbonyl (C=O) groups excluding carboxylic acids is 2. The van der Waals surface area contributed by atoms with Crippen LogP contribution in [0.4, 0.5) is 0 Å². The molecular weight excluding hydrogens is 244 g/mol. The fraction of sp³-hybridized carbons (Fsp3) is 0.200. The van der Waals surface area contributed by atoms with Crippen molar-refractivity contribution in [3.05, 3.63) is 53.3 Å². The number of fused-ring (bicyclic) bond motifs is 1. The molecule has 0 saturated carbocycles. The predicted octanol–water partition coefficient (Wildman–Crippen LogP) is 3.02. The first-order chi connectivity index (χ1) is 9.25. The molecule has 0 spiro atoms. The van der Waals surface area contributed by atoms with E-state index < -0.39 is 5.97 Å². The quantitative estimate of drug-likeness (QED) is 0.775. The van der Waals surface area contributed by atoms with Gasteiger partial charge in [-0.05, 0) is 30.5 Å². The maximum absolute atomic E-state index is 12.1. The Bertz CT molecular complexity index is 626. The van der Waals surface area contributed by atoms with Crippen molar-refractivity contribution in [3.63, 3.8) is 0 Å². The third-order valence-corrected chi connectivity index (χ3v) is 3.19. The van der Waals surface area contributed by atoms with Gasteiger partial charge >= 0.3 is 5.97 Å². The smallest absolute Gasteiger partial charge is 0.346 e. The van der Waals surface area contributed by atoms with E-state index in [2.05, 4.69) is 0 Å². The van der Waals surface area contributed by atoms with Gasteiger partial charge in [0.25, 0.3) is 5.95 Å². The number of hydrogen-bond donors (Lipinski definition) is 0. The van der Waals surface area contributed by atoms with E-state index in [1.54, 1.807) is 24.3 Å². The molecular formula is C15H12O4. The Morgan fingerprint density at radius 2 is 2.05 bits per heavy atom. The van der Waals surface area contributed by atoms with Crippen LogP contribution in [0.1, 0.15) is 39.1 Å². The number of rotatable bonds is 2. The minimum absolute atomic E-state index is 0.00763. The van der Waals surface area contributed by atoms with Crippen LogP contribution in [0, 0.1) is 0 Å². The van der Waals surface area contributed by atoms with Gasteiger partial charge in [-0.15, -0.1) is 0 Å². The van der Waals surface area contributed by atoms with Crippen molar-refractivity contribution in [2.45, 2.75) is 19.3 Å². The minimum Gasteiger partial charge on any atom is -0.434 e. The maximum atomic E-state index is 12.1. The third-order valence-electron chi connectivity index (χ3n) is 3.19. The van der Waals surface area contributed by atoms with Gasteiger partial charge in [0.15, 0.2) is 5.78 Å². The van der Waals surface area contributed by atoms with Crippen molar-refractivity contribution < 1.29 is 18.7 Å². The van der Waals surface area contributed by atoms with Gasteiger partial charge in [0.1, 0.15) is 0 Å². The molecule has 0 radical (unpaired) electrons. The molecule has 1 aliphatic carbocycles. The number of hydrogen-bond acceptors (Lipinski definition) is 4. The molecule has 1 aliphatic rings. The van der Waals surface area contributed by atoms with Gasteiger partial charge in [-0.25, -0.2) is 4.79 Å². The molecule has 0 aliphatic heterocycles. The highest BCUT2D eigenvalue weighted by Crippen LogP contribution is 2.25. The zero-order valence-corrected chi connectivity index (χ0v) is 10.2. The molecule has 0 amide bonds. The fourth-order valence-electron chi connectivity index (χ4n) is 2.34. The summed E-state index contributed by atoms with van der Waals surface area (Å²) in [4.78, 5) is 24.1. The van der Waals surface area contributed by atoms with Gasteiger partial charge in [-0.3, -0.25) is 4.79 Å². The number of esters is 1. The fourth-order valence-corrected chi connectivity index (χ4v) is 2.34. The van der Waals surface area contributed by atoms with E-state index in [1.165, 1.54) is 6.26 Å². The van der Waals surface area contributed by atoms with Crippen molar-refractivity contribution in [1.82, 2.24) is 0 Å². The Hall–Kier alpha value is -2.36. The summed E-state index contributed by atoms with van der Waals surface area (Å²) in [5.74, 6) is -0.416. The lowest BCUT2D eigenvalue weighted by atomic mass is 9.87. The van der Waals surface area contributed by atoms with Crippen LogP contribution in [0.5, 0.6) is 5.95 Å². The van der Waals surface area contributed by atoms with Crippen molar-refractivity contribution >= 4 is 11.8 Å². The van der Waals surface area contributed by atoms with Crippen LogP contribution in [0.2, 0.25) is 0 Å². The standard InChI is InChI=1S/C15H12O4/c16-12-7-2-5-10-4-1-6-11(14(10)12)15(17)19-13-8-3-9-18-13/h1,3-4,6,8-9H,2,5,7H2. The lowest BCUT2D eigenvalue weighted by Crippen LogP contribution is -2.19. The van der Waals surface area contributed by atoms with E-state index in [1.807, 2.05) is 6.07 Å². The number of benzene rings is 1. The highest BCUT2D eigenvalue weighted by atomic mass is 16.6. The number of carbonyl (C=O) groups is 2. The highest BCUT2D eigenvalue weighted by molar-refractivity contribution is 6.08. The second kappa shape index (κ2) is 4.72. The van der Waals surface area contributed by atoms with Gasteiger partial charge in [-0.1, -0.05) is 12.1 Å². The Morgan fingerprint density at radius 3 is 2.84 bits per heavy atom. The molecule has 3 rings (SSSR count). The molecule has 0 bridgehead atoms. The first kappa shape index (κ1) is 11.7. The number of ether oxygens (including phenoxy) is 1. The zero-order valence-electron chi connectivity index (χ0n) is 10.2. The molecule has 1 aromatic carbocycles. The molecule has 0 N–H and O–H groups in total. The summed E-state index contributed by atoms with van der Waals surface area (Å²) in [6.45, 7) is 0. The number of aryl methyl sites for hydroxylation is 1. The van der Waals surface area contributed by atoms with Crippen LogP contribution in [0.3, 0.4) is 0 Å². The van der Waals surface area contributed by atoms with Crippen molar-refractivity contribution in [1.29, 1.82) is 0 Å². The number of ketones is 1. The van der Waals surface area contributed by atoms with Crippen LogP contribution in [-0.4, -0.2) is 11.8 Å². The second-order valence-corrected chi connectivity index (χ2v) is 4.44. The van der Waals surface area contributed by atoms with Crippen molar-refractivity contribution in [3.8, 4) is 5.95 Å². The van der Waals surface area contributed by atoms with E-state index in [9.17, 15) is 9.59 Å². The second-order valence-electron chi connectivity index (χ2n) is 4.44. The molecule has 0 atom stereocenters. The number of Topliss-reactive ketones (excluding diaryl/α,β-unsaturated/α-hetero) is 1. The van der Waals surface area contributed by atoms with Gasteiger partial charge in [0, 0.05) is 18.1 Å². The van der Waals surface area contributed by atoms with Gasteiger partial charge in [0.2, 0.25) is 0 Å². The van der Waals surface area contributed by atoms with Crippen LogP contribution >= 0.6 is 0 Å². The van der Waals surface area contributed by atoms with Crippen LogP contribution in [0.25, 0.3) is 0 Å².